The first kappa shape index (κ1) is 6.14. The Morgan fingerprint density at radius 1 is 1.71 bits per heavy atom. The quantitative estimate of drug-likeness (QED) is 0.418. The minimum absolute atomic E-state index is 0.296. The van der Waals surface area contributed by atoms with E-state index in [2.05, 4.69) is 0 Å². The zero-order valence-corrected chi connectivity index (χ0v) is 4.26. The molecule has 0 bridgehead atoms. The lowest BCUT2D eigenvalue weighted by molar-refractivity contribution is -0.124. The second-order valence-electron chi connectivity index (χ2n) is 1.17. The number of imide groups is 1. The van der Waals surface area contributed by atoms with Gasteiger partial charge in [0.05, 0.1) is 0 Å². The molecule has 0 fully saturated rings. The van der Waals surface area contributed by atoms with Crippen molar-refractivity contribution in [3.8, 4) is 0 Å². The average Bonchev–Trinajstić information content (AvgIpc) is 1.65. The van der Waals surface area contributed by atoms with Crippen molar-refractivity contribution in [3.63, 3.8) is 0 Å². The van der Waals surface area contributed by atoms with Crippen molar-refractivity contribution >= 4 is 12.3 Å². The van der Waals surface area contributed by atoms with Gasteiger partial charge >= 0.3 is 6.41 Å². The Kier molecular flexibility index (Phi) is 2.05. The molecule has 3 heteroatoms. The van der Waals surface area contributed by atoms with Gasteiger partial charge in [0.2, 0.25) is 5.91 Å². The van der Waals surface area contributed by atoms with E-state index in [1.54, 1.807) is 0 Å². The van der Waals surface area contributed by atoms with Crippen molar-refractivity contribution < 1.29 is 9.59 Å². The van der Waals surface area contributed by atoms with Gasteiger partial charge in [0, 0.05) is 14.0 Å². The van der Waals surface area contributed by atoms with Gasteiger partial charge in [-0.3, -0.25) is 14.5 Å². The highest BCUT2D eigenvalue weighted by Gasteiger charge is 1.96. The predicted octanol–water partition coefficient (Wildman–Crippen LogP) is -0.468. The molecule has 0 saturated heterocycles. The minimum Gasteiger partial charge on any atom is -0.278 e. The first-order chi connectivity index (χ1) is 3.18. The Bertz CT molecular complexity index is 89.7. The molecule has 0 atom stereocenters. The van der Waals surface area contributed by atoms with Crippen LogP contribution in [0.5, 0.6) is 0 Å². The van der Waals surface area contributed by atoms with E-state index in [9.17, 15) is 9.59 Å². The summed E-state index contributed by atoms with van der Waals surface area (Å²) in [6.45, 7) is 1.30. The van der Waals surface area contributed by atoms with Crippen LogP contribution in [0.1, 0.15) is 6.92 Å². The van der Waals surface area contributed by atoms with E-state index >= 15 is 0 Å². The molecule has 0 N–H and O–H groups in total. The SMILES string of the molecule is CC(=O)N(C)[C]=O. The molecule has 3 nitrogen and oxygen atoms in total. The molecular formula is C4H6NO2. The zero-order chi connectivity index (χ0) is 5.86. The van der Waals surface area contributed by atoms with Gasteiger partial charge in [-0.2, -0.15) is 0 Å². The van der Waals surface area contributed by atoms with Crippen LogP contribution in [0.25, 0.3) is 0 Å². The molecule has 0 aromatic rings. The van der Waals surface area contributed by atoms with Crippen LogP contribution in [0.15, 0.2) is 0 Å². The lowest BCUT2D eigenvalue weighted by Gasteiger charge is -1.98. The van der Waals surface area contributed by atoms with Gasteiger partial charge in [-0.1, -0.05) is 0 Å². The molecule has 7 heavy (non-hydrogen) atoms. The molecule has 0 aliphatic rings. The second kappa shape index (κ2) is 2.34. The molecule has 0 aliphatic carbocycles. The van der Waals surface area contributed by atoms with E-state index in [1.807, 2.05) is 0 Å². The number of rotatable bonds is 1. The zero-order valence-electron chi connectivity index (χ0n) is 4.26. The van der Waals surface area contributed by atoms with Crippen molar-refractivity contribution in [3.05, 3.63) is 0 Å². The highest BCUT2D eigenvalue weighted by molar-refractivity contribution is 5.83. The van der Waals surface area contributed by atoms with E-state index in [0.717, 1.165) is 4.90 Å². The first-order valence-electron chi connectivity index (χ1n) is 1.80. The van der Waals surface area contributed by atoms with Gasteiger partial charge in [-0.05, 0) is 0 Å². The summed E-state index contributed by atoms with van der Waals surface area (Å²) in [6, 6.07) is 0. The second-order valence-corrected chi connectivity index (χ2v) is 1.17. The molecule has 0 unspecified atom stereocenters. The third-order valence-corrected chi connectivity index (χ3v) is 0.609. The number of nitrogens with zero attached hydrogens (tertiary/aromatic N) is 1. The topological polar surface area (TPSA) is 37.4 Å². The van der Waals surface area contributed by atoms with Crippen LogP contribution in [0, 0.1) is 0 Å². The summed E-state index contributed by atoms with van der Waals surface area (Å²) < 4.78 is 0. The smallest absolute Gasteiger partial charge is 0.278 e. The molecular weight excluding hydrogens is 94.0 g/mol. The third-order valence-electron chi connectivity index (χ3n) is 0.609. The van der Waals surface area contributed by atoms with Crippen LogP contribution < -0.4 is 0 Å². The highest BCUT2D eigenvalue weighted by Crippen LogP contribution is 1.71. The average molecular weight is 100 g/mol. The van der Waals surface area contributed by atoms with Crippen LogP contribution >= 0.6 is 0 Å². The standard InChI is InChI=1S/C4H6NO2/c1-4(7)5(2)3-6/h1-2H3. The van der Waals surface area contributed by atoms with Gasteiger partial charge in [0.1, 0.15) is 0 Å². The Balaban J connectivity index is 3.55. The van der Waals surface area contributed by atoms with Crippen molar-refractivity contribution in [1.29, 1.82) is 0 Å². The maximum atomic E-state index is 10.0. The fourth-order valence-electron chi connectivity index (χ4n) is 0.0643. The monoisotopic (exact) mass is 100 g/mol. The predicted molar refractivity (Wildman–Crippen MR) is 24.1 cm³/mol. The fourth-order valence-corrected chi connectivity index (χ4v) is 0.0643. The molecule has 0 aromatic heterocycles. The van der Waals surface area contributed by atoms with E-state index in [-0.39, 0.29) is 5.91 Å². The van der Waals surface area contributed by atoms with E-state index < -0.39 is 0 Å². The van der Waals surface area contributed by atoms with Gasteiger partial charge in [-0.25, -0.2) is 0 Å². The van der Waals surface area contributed by atoms with Crippen molar-refractivity contribution in [1.82, 2.24) is 4.90 Å². The highest BCUT2D eigenvalue weighted by atomic mass is 16.2. The van der Waals surface area contributed by atoms with Crippen LogP contribution in [0.4, 0.5) is 0 Å². The molecule has 0 saturated carbocycles. The summed E-state index contributed by atoms with van der Waals surface area (Å²) in [6.07, 6.45) is 1.40. The van der Waals surface area contributed by atoms with Crippen LogP contribution in [0.3, 0.4) is 0 Å². The number of carbonyl (C=O) groups is 1. The molecule has 0 heterocycles. The fraction of sp³-hybridized carbons (Fsp3) is 0.500. The first-order valence-corrected chi connectivity index (χ1v) is 1.80. The Hall–Kier alpha value is -0.860. The summed E-state index contributed by atoms with van der Waals surface area (Å²) in [5.74, 6) is -0.296. The van der Waals surface area contributed by atoms with Gasteiger partial charge in [0.25, 0.3) is 0 Å². The molecule has 1 radical (unpaired) electrons. The lowest BCUT2D eigenvalue weighted by Crippen LogP contribution is -2.20. The maximum Gasteiger partial charge on any atom is 0.318 e. The number of carbonyl (C=O) groups excluding carboxylic acids is 2. The number of hydrogen-bond donors (Lipinski definition) is 0. The Morgan fingerprint density at radius 3 is 2.14 bits per heavy atom. The minimum atomic E-state index is -0.296. The maximum absolute atomic E-state index is 10.0. The molecule has 39 valence electrons. The molecule has 0 spiro atoms. The summed E-state index contributed by atoms with van der Waals surface area (Å²) in [4.78, 5) is 20.4. The van der Waals surface area contributed by atoms with Crippen molar-refractivity contribution in [2.75, 3.05) is 7.05 Å². The summed E-state index contributed by atoms with van der Waals surface area (Å²) in [7, 11) is 1.36. The normalized spacial score (nSPS) is 7.71. The third kappa shape index (κ3) is 1.92. The van der Waals surface area contributed by atoms with E-state index in [1.165, 1.54) is 20.4 Å². The van der Waals surface area contributed by atoms with E-state index in [0.29, 0.717) is 0 Å². The Morgan fingerprint density at radius 2 is 2.14 bits per heavy atom. The van der Waals surface area contributed by atoms with Crippen LogP contribution in [0.2, 0.25) is 0 Å². The summed E-state index contributed by atoms with van der Waals surface area (Å²) >= 11 is 0. The summed E-state index contributed by atoms with van der Waals surface area (Å²) in [5, 5.41) is 0. The molecule has 2 amide bonds. The van der Waals surface area contributed by atoms with E-state index in [4.69, 9.17) is 0 Å². The van der Waals surface area contributed by atoms with Gasteiger partial charge in [-0.15, -0.1) is 0 Å². The van der Waals surface area contributed by atoms with Gasteiger partial charge in [0.15, 0.2) is 0 Å². The van der Waals surface area contributed by atoms with Crippen molar-refractivity contribution in [2.45, 2.75) is 6.92 Å². The number of hydrogen-bond acceptors (Lipinski definition) is 2. The lowest BCUT2D eigenvalue weighted by atomic mass is 10.6. The molecule has 0 aromatic carbocycles. The number of amides is 2. The van der Waals surface area contributed by atoms with Crippen molar-refractivity contribution in [2.24, 2.45) is 0 Å². The van der Waals surface area contributed by atoms with Gasteiger partial charge < -0.3 is 0 Å². The Labute approximate surface area is 41.9 Å². The largest absolute Gasteiger partial charge is 0.318 e. The summed E-state index contributed by atoms with van der Waals surface area (Å²) in [5.41, 5.74) is 0. The van der Waals surface area contributed by atoms with Crippen LogP contribution in [-0.2, 0) is 9.59 Å². The molecule has 0 rings (SSSR count). The molecule has 0 aliphatic heterocycles. The van der Waals surface area contributed by atoms with Crippen LogP contribution in [-0.4, -0.2) is 24.3 Å².